The van der Waals surface area contributed by atoms with Crippen LogP contribution < -0.4 is 5.32 Å². The van der Waals surface area contributed by atoms with E-state index in [1.807, 2.05) is 30.3 Å². The molecule has 2 atom stereocenters. The van der Waals surface area contributed by atoms with Gasteiger partial charge in [0, 0.05) is 0 Å². The molecular weight excluding hydrogens is 282 g/mol. The minimum atomic E-state index is -4.13. The standard InChI is InChI=1S/C13H17NO5S/c15-13(19-9-10-5-2-1-3-6-10)14-11-7-4-8-12(11)20(16,17)18/h1-3,5-6,11-12H,4,7-9H2,(H,14,15)(H,16,17,18). The molecule has 7 heteroatoms. The second-order valence-electron chi connectivity index (χ2n) is 4.80. The Morgan fingerprint density at radius 1 is 1.30 bits per heavy atom. The van der Waals surface area contributed by atoms with Crippen LogP contribution in [0.2, 0.25) is 0 Å². The topological polar surface area (TPSA) is 92.7 Å². The maximum absolute atomic E-state index is 11.6. The fraction of sp³-hybridized carbons (Fsp3) is 0.462. The van der Waals surface area contributed by atoms with Crippen molar-refractivity contribution in [1.82, 2.24) is 5.32 Å². The Kier molecular flexibility index (Phi) is 4.61. The van der Waals surface area contributed by atoms with E-state index in [4.69, 9.17) is 9.29 Å². The lowest BCUT2D eigenvalue weighted by atomic mass is 10.2. The summed E-state index contributed by atoms with van der Waals surface area (Å²) in [5, 5.41) is 1.57. The van der Waals surface area contributed by atoms with Gasteiger partial charge in [-0.3, -0.25) is 4.55 Å². The molecule has 1 amide bonds. The summed E-state index contributed by atoms with van der Waals surface area (Å²) in [5.41, 5.74) is 0.848. The average molecular weight is 299 g/mol. The lowest BCUT2D eigenvalue weighted by molar-refractivity contribution is 0.136. The monoisotopic (exact) mass is 299 g/mol. The Labute approximate surface area is 117 Å². The van der Waals surface area contributed by atoms with Crippen LogP contribution in [0.5, 0.6) is 0 Å². The van der Waals surface area contributed by atoms with E-state index in [0.717, 1.165) is 5.56 Å². The lowest BCUT2D eigenvalue weighted by Gasteiger charge is -2.18. The van der Waals surface area contributed by atoms with E-state index < -0.39 is 27.5 Å². The van der Waals surface area contributed by atoms with Crippen molar-refractivity contribution >= 4 is 16.2 Å². The first kappa shape index (κ1) is 14.8. The van der Waals surface area contributed by atoms with Gasteiger partial charge in [0.2, 0.25) is 0 Å². The summed E-state index contributed by atoms with van der Waals surface area (Å²) in [6.07, 6.45) is 0.843. The van der Waals surface area contributed by atoms with Gasteiger partial charge in [-0.2, -0.15) is 8.42 Å². The zero-order chi connectivity index (χ0) is 14.6. The number of carbonyl (C=O) groups is 1. The fourth-order valence-electron chi connectivity index (χ4n) is 2.36. The Balaban J connectivity index is 1.85. The number of rotatable bonds is 4. The van der Waals surface area contributed by atoms with Gasteiger partial charge in [-0.05, 0) is 24.8 Å². The maximum atomic E-state index is 11.6. The molecule has 1 aromatic rings. The molecule has 20 heavy (non-hydrogen) atoms. The highest BCUT2D eigenvalue weighted by Crippen LogP contribution is 2.24. The van der Waals surface area contributed by atoms with Crippen molar-refractivity contribution in [3.63, 3.8) is 0 Å². The molecule has 1 aromatic carbocycles. The highest BCUT2D eigenvalue weighted by atomic mass is 32.2. The number of hydrogen-bond acceptors (Lipinski definition) is 4. The van der Waals surface area contributed by atoms with Crippen LogP contribution in [0.4, 0.5) is 4.79 Å². The van der Waals surface area contributed by atoms with Gasteiger partial charge in [0.1, 0.15) is 11.9 Å². The number of benzene rings is 1. The van der Waals surface area contributed by atoms with E-state index >= 15 is 0 Å². The molecule has 110 valence electrons. The number of amides is 1. The van der Waals surface area contributed by atoms with Crippen LogP contribution in [0.15, 0.2) is 30.3 Å². The molecule has 2 rings (SSSR count). The molecule has 0 spiro atoms. The minimum absolute atomic E-state index is 0.121. The van der Waals surface area contributed by atoms with Crippen LogP contribution in [0.25, 0.3) is 0 Å². The second kappa shape index (κ2) is 6.23. The molecule has 0 bridgehead atoms. The predicted molar refractivity (Wildman–Crippen MR) is 72.7 cm³/mol. The summed E-state index contributed by atoms with van der Waals surface area (Å²) in [5.74, 6) is 0. The van der Waals surface area contributed by atoms with E-state index in [1.54, 1.807) is 0 Å². The SMILES string of the molecule is O=C(NC1CCCC1S(=O)(=O)O)OCc1ccccc1. The zero-order valence-electron chi connectivity index (χ0n) is 10.9. The molecule has 1 fully saturated rings. The molecule has 1 aliphatic carbocycles. The Bertz CT molecular complexity index is 557. The largest absolute Gasteiger partial charge is 0.445 e. The molecule has 0 aromatic heterocycles. The molecule has 1 aliphatic rings. The van der Waals surface area contributed by atoms with Crippen LogP contribution in [0, 0.1) is 0 Å². The summed E-state index contributed by atoms with van der Waals surface area (Å²) >= 11 is 0. The number of ether oxygens (including phenoxy) is 1. The molecule has 2 N–H and O–H groups in total. The van der Waals surface area contributed by atoms with Crippen molar-refractivity contribution in [1.29, 1.82) is 0 Å². The van der Waals surface area contributed by atoms with E-state index in [0.29, 0.717) is 19.3 Å². The lowest BCUT2D eigenvalue weighted by Crippen LogP contribution is -2.43. The summed E-state index contributed by atoms with van der Waals surface area (Å²) in [6, 6.07) is 8.59. The maximum Gasteiger partial charge on any atom is 0.407 e. The van der Waals surface area contributed by atoms with Gasteiger partial charge >= 0.3 is 6.09 Å². The molecule has 0 heterocycles. The molecular formula is C13H17NO5S. The number of alkyl carbamates (subject to hydrolysis) is 1. The summed E-state index contributed by atoms with van der Waals surface area (Å²) in [6.45, 7) is 0.121. The molecule has 0 saturated heterocycles. The van der Waals surface area contributed by atoms with Crippen molar-refractivity contribution in [3.05, 3.63) is 35.9 Å². The van der Waals surface area contributed by atoms with Crippen molar-refractivity contribution in [2.75, 3.05) is 0 Å². The van der Waals surface area contributed by atoms with E-state index in [-0.39, 0.29) is 6.61 Å². The number of carbonyl (C=O) groups excluding carboxylic acids is 1. The van der Waals surface area contributed by atoms with Gasteiger partial charge in [0.15, 0.2) is 0 Å². The van der Waals surface area contributed by atoms with Crippen LogP contribution >= 0.6 is 0 Å². The Morgan fingerprint density at radius 2 is 2.00 bits per heavy atom. The summed E-state index contributed by atoms with van der Waals surface area (Å²) < 4.78 is 36.4. The van der Waals surface area contributed by atoms with Gasteiger partial charge in [-0.15, -0.1) is 0 Å². The zero-order valence-corrected chi connectivity index (χ0v) is 11.7. The first-order valence-corrected chi connectivity index (χ1v) is 7.90. The third kappa shape index (κ3) is 3.94. The molecule has 0 radical (unpaired) electrons. The van der Waals surface area contributed by atoms with Crippen LogP contribution in [-0.4, -0.2) is 30.4 Å². The molecule has 0 aliphatic heterocycles. The average Bonchev–Trinajstić information content (AvgIpc) is 2.86. The van der Waals surface area contributed by atoms with Crippen molar-refractivity contribution in [2.45, 2.75) is 37.2 Å². The van der Waals surface area contributed by atoms with Crippen LogP contribution in [0.3, 0.4) is 0 Å². The van der Waals surface area contributed by atoms with Gasteiger partial charge in [-0.25, -0.2) is 4.79 Å². The van der Waals surface area contributed by atoms with E-state index in [9.17, 15) is 13.2 Å². The minimum Gasteiger partial charge on any atom is -0.445 e. The van der Waals surface area contributed by atoms with Gasteiger partial charge in [0.25, 0.3) is 10.1 Å². The first-order valence-electron chi connectivity index (χ1n) is 6.40. The van der Waals surface area contributed by atoms with E-state index in [1.165, 1.54) is 0 Å². The van der Waals surface area contributed by atoms with E-state index in [2.05, 4.69) is 5.32 Å². The molecule has 6 nitrogen and oxygen atoms in total. The Hall–Kier alpha value is -1.60. The summed E-state index contributed by atoms with van der Waals surface area (Å²) in [7, 11) is -4.13. The summed E-state index contributed by atoms with van der Waals surface area (Å²) in [4.78, 5) is 11.6. The number of nitrogens with one attached hydrogen (secondary N) is 1. The Morgan fingerprint density at radius 3 is 2.65 bits per heavy atom. The first-order chi connectivity index (χ1) is 9.47. The second-order valence-corrected chi connectivity index (χ2v) is 6.43. The highest BCUT2D eigenvalue weighted by Gasteiger charge is 2.37. The fourth-order valence-corrected chi connectivity index (χ4v) is 3.45. The molecule has 2 unspecified atom stereocenters. The van der Waals surface area contributed by atoms with Gasteiger partial charge < -0.3 is 10.1 Å². The van der Waals surface area contributed by atoms with Crippen molar-refractivity contribution < 1.29 is 22.5 Å². The third-order valence-corrected chi connectivity index (χ3v) is 4.68. The van der Waals surface area contributed by atoms with Crippen molar-refractivity contribution in [2.24, 2.45) is 0 Å². The van der Waals surface area contributed by atoms with Crippen LogP contribution in [-0.2, 0) is 21.5 Å². The highest BCUT2D eigenvalue weighted by molar-refractivity contribution is 7.86. The van der Waals surface area contributed by atoms with Crippen molar-refractivity contribution in [3.8, 4) is 0 Å². The molecule has 1 saturated carbocycles. The van der Waals surface area contributed by atoms with Crippen LogP contribution in [0.1, 0.15) is 24.8 Å². The normalized spacial score (nSPS) is 22.4. The third-order valence-electron chi connectivity index (χ3n) is 3.35. The number of hydrogen-bond donors (Lipinski definition) is 2. The quantitative estimate of drug-likeness (QED) is 0.826. The van der Waals surface area contributed by atoms with Gasteiger partial charge in [0.05, 0.1) is 6.04 Å². The van der Waals surface area contributed by atoms with Gasteiger partial charge in [-0.1, -0.05) is 30.3 Å². The smallest absolute Gasteiger partial charge is 0.407 e. The predicted octanol–water partition coefficient (Wildman–Crippen LogP) is 1.72.